The number of hydrogen-bond donors (Lipinski definition) is 1. The molecule has 0 saturated carbocycles. The van der Waals surface area contributed by atoms with Crippen molar-refractivity contribution >= 4 is 22.7 Å². The molecule has 0 unspecified atom stereocenters. The average molecular weight is 310 g/mol. The van der Waals surface area contributed by atoms with E-state index in [-0.39, 0.29) is 11.2 Å². The van der Waals surface area contributed by atoms with Crippen LogP contribution >= 0.6 is 11.8 Å². The summed E-state index contributed by atoms with van der Waals surface area (Å²) in [7, 11) is 0. The molecule has 1 aliphatic rings. The summed E-state index contributed by atoms with van der Waals surface area (Å²) in [5.74, 6) is 0. The number of H-pyrrole nitrogens is 1. The van der Waals surface area contributed by atoms with Crippen molar-refractivity contribution in [2.24, 2.45) is 0 Å². The van der Waals surface area contributed by atoms with E-state index in [0.717, 1.165) is 28.3 Å². The molecule has 5 heteroatoms. The smallest absolute Gasteiger partial charge is 0.273 e. The standard InChI is InChI=1S/C17H14N2O2S/c1-2-4-10-7-8-13-12(9-10)19-15-11(16(20)18-17(19)21)5-3-6-14(15)22-13/h3,5-9H,2,4H2,1H3,(H,18,20,21). The SMILES string of the molecule is CCCc1ccc2c(c1)-n1c(=O)[nH]c(=O)c3cccc(c31)S2. The van der Waals surface area contributed by atoms with Crippen LogP contribution in [-0.2, 0) is 6.42 Å². The predicted molar refractivity (Wildman–Crippen MR) is 88.3 cm³/mol. The minimum Gasteiger partial charge on any atom is -0.273 e. The number of para-hydroxylation sites is 1. The lowest BCUT2D eigenvalue weighted by atomic mass is 10.1. The van der Waals surface area contributed by atoms with Gasteiger partial charge in [0.25, 0.3) is 5.56 Å². The highest BCUT2D eigenvalue weighted by Crippen LogP contribution is 2.41. The second-order valence-electron chi connectivity index (χ2n) is 5.40. The van der Waals surface area contributed by atoms with Crippen molar-refractivity contribution in [2.75, 3.05) is 0 Å². The van der Waals surface area contributed by atoms with Crippen molar-refractivity contribution in [3.8, 4) is 5.69 Å². The second kappa shape index (κ2) is 4.88. The van der Waals surface area contributed by atoms with Crippen molar-refractivity contribution in [1.29, 1.82) is 0 Å². The number of fused-ring (bicyclic) bond motifs is 2. The van der Waals surface area contributed by atoms with Crippen LogP contribution in [0.25, 0.3) is 16.6 Å². The van der Waals surface area contributed by atoms with E-state index < -0.39 is 0 Å². The van der Waals surface area contributed by atoms with Gasteiger partial charge in [-0.25, -0.2) is 4.79 Å². The molecule has 4 nitrogen and oxygen atoms in total. The average Bonchev–Trinajstić information content (AvgIpc) is 2.51. The Morgan fingerprint density at radius 2 is 2.00 bits per heavy atom. The molecule has 22 heavy (non-hydrogen) atoms. The van der Waals surface area contributed by atoms with Gasteiger partial charge in [0.15, 0.2) is 0 Å². The Kier molecular flexibility index (Phi) is 2.97. The molecule has 1 aliphatic heterocycles. The van der Waals surface area contributed by atoms with E-state index >= 15 is 0 Å². The van der Waals surface area contributed by atoms with E-state index in [2.05, 4.69) is 30.1 Å². The summed E-state index contributed by atoms with van der Waals surface area (Å²) in [5, 5.41) is 0.552. The lowest BCUT2D eigenvalue weighted by Crippen LogP contribution is -2.30. The third-order valence-electron chi connectivity index (χ3n) is 3.91. The lowest BCUT2D eigenvalue weighted by molar-refractivity contribution is 0.886. The molecule has 0 aliphatic carbocycles. The Morgan fingerprint density at radius 1 is 1.14 bits per heavy atom. The quantitative estimate of drug-likeness (QED) is 0.619. The number of nitrogens with one attached hydrogen (secondary N) is 1. The van der Waals surface area contributed by atoms with Gasteiger partial charge in [0.2, 0.25) is 0 Å². The molecule has 0 fully saturated rings. The lowest BCUT2D eigenvalue weighted by Gasteiger charge is -2.21. The summed E-state index contributed by atoms with van der Waals surface area (Å²) in [6.45, 7) is 2.13. The minimum absolute atomic E-state index is 0.327. The molecule has 2 aromatic carbocycles. The topological polar surface area (TPSA) is 54.9 Å². The molecule has 110 valence electrons. The van der Waals surface area contributed by atoms with E-state index in [9.17, 15) is 9.59 Å². The highest BCUT2D eigenvalue weighted by molar-refractivity contribution is 7.99. The van der Waals surface area contributed by atoms with Crippen LogP contribution in [0.15, 0.2) is 55.8 Å². The maximum atomic E-state index is 12.4. The van der Waals surface area contributed by atoms with Crippen LogP contribution in [0.3, 0.4) is 0 Å². The first-order chi connectivity index (χ1) is 10.7. The van der Waals surface area contributed by atoms with Gasteiger partial charge in [0.1, 0.15) is 0 Å². The number of rotatable bonds is 2. The fourth-order valence-electron chi connectivity index (χ4n) is 2.96. The van der Waals surface area contributed by atoms with Crippen molar-refractivity contribution in [1.82, 2.24) is 9.55 Å². The van der Waals surface area contributed by atoms with Gasteiger partial charge in [0.05, 0.1) is 16.6 Å². The molecule has 2 heterocycles. The number of aromatic nitrogens is 2. The van der Waals surface area contributed by atoms with E-state index in [1.54, 1.807) is 22.4 Å². The van der Waals surface area contributed by atoms with E-state index in [1.807, 2.05) is 12.1 Å². The highest BCUT2D eigenvalue weighted by atomic mass is 32.2. The molecule has 4 rings (SSSR count). The van der Waals surface area contributed by atoms with Gasteiger partial charge in [-0.1, -0.05) is 37.2 Å². The molecular formula is C17H14N2O2S. The zero-order chi connectivity index (χ0) is 15.3. The molecule has 3 aromatic rings. The normalized spacial score (nSPS) is 12.4. The fourth-order valence-corrected chi connectivity index (χ4v) is 4.03. The van der Waals surface area contributed by atoms with Crippen LogP contribution < -0.4 is 11.2 Å². The third-order valence-corrected chi connectivity index (χ3v) is 5.03. The summed E-state index contributed by atoms with van der Waals surface area (Å²) >= 11 is 1.61. The number of nitrogens with zero attached hydrogens (tertiary/aromatic N) is 1. The van der Waals surface area contributed by atoms with Gasteiger partial charge in [-0.2, -0.15) is 0 Å². The van der Waals surface area contributed by atoms with Crippen LogP contribution in [0.5, 0.6) is 0 Å². The highest BCUT2D eigenvalue weighted by Gasteiger charge is 2.21. The Bertz CT molecular complexity index is 1020. The Labute approximate surface area is 130 Å². The van der Waals surface area contributed by atoms with Crippen molar-refractivity contribution in [2.45, 2.75) is 29.6 Å². The van der Waals surface area contributed by atoms with Gasteiger partial charge in [-0.3, -0.25) is 14.3 Å². The zero-order valence-electron chi connectivity index (χ0n) is 12.1. The summed E-state index contributed by atoms with van der Waals surface area (Å²) in [5.41, 5.74) is 2.07. The van der Waals surface area contributed by atoms with Crippen LogP contribution in [0.4, 0.5) is 0 Å². The number of hydrogen-bond acceptors (Lipinski definition) is 3. The summed E-state index contributed by atoms with van der Waals surface area (Å²) in [6.07, 6.45) is 2.03. The Balaban J connectivity index is 2.14. The van der Waals surface area contributed by atoms with Gasteiger partial charge >= 0.3 is 5.69 Å². The molecule has 0 amide bonds. The molecule has 0 spiro atoms. The predicted octanol–water partition coefficient (Wildman–Crippen LogP) is 3.10. The van der Waals surface area contributed by atoms with Crippen LogP contribution in [-0.4, -0.2) is 9.55 Å². The van der Waals surface area contributed by atoms with Crippen LogP contribution in [0.2, 0.25) is 0 Å². The first kappa shape index (κ1) is 13.4. The second-order valence-corrected chi connectivity index (χ2v) is 6.48. The summed E-state index contributed by atoms with van der Waals surface area (Å²) < 4.78 is 1.64. The maximum Gasteiger partial charge on any atom is 0.333 e. The summed E-state index contributed by atoms with van der Waals surface area (Å²) in [4.78, 5) is 28.9. The molecule has 0 bridgehead atoms. The van der Waals surface area contributed by atoms with E-state index in [1.165, 1.54) is 5.56 Å². The first-order valence-electron chi connectivity index (χ1n) is 7.28. The van der Waals surface area contributed by atoms with E-state index in [0.29, 0.717) is 10.9 Å². The van der Waals surface area contributed by atoms with Gasteiger partial charge in [-0.05, 0) is 36.2 Å². The molecule has 1 aromatic heterocycles. The molecular weight excluding hydrogens is 296 g/mol. The number of aromatic amines is 1. The van der Waals surface area contributed by atoms with Gasteiger partial charge in [0, 0.05) is 9.79 Å². The molecule has 0 atom stereocenters. The minimum atomic E-state index is -0.375. The summed E-state index contributed by atoms with van der Waals surface area (Å²) in [6, 6.07) is 11.8. The van der Waals surface area contributed by atoms with E-state index in [4.69, 9.17) is 0 Å². The van der Waals surface area contributed by atoms with Gasteiger partial charge < -0.3 is 0 Å². The number of aryl methyl sites for hydroxylation is 1. The van der Waals surface area contributed by atoms with Crippen molar-refractivity contribution < 1.29 is 0 Å². The Morgan fingerprint density at radius 3 is 2.82 bits per heavy atom. The van der Waals surface area contributed by atoms with Crippen LogP contribution in [0.1, 0.15) is 18.9 Å². The fraction of sp³-hybridized carbons (Fsp3) is 0.176. The van der Waals surface area contributed by atoms with Crippen molar-refractivity contribution in [3.63, 3.8) is 0 Å². The zero-order valence-corrected chi connectivity index (χ0v) is 12.9. The largest absolute Gasteiger partial charge is 0.333 e. The molecule has 1 N–H and O–H groups in total. The van der Waals surface area contributed by atoms with Crippen LogP contribution in [0, 0.1) is 0 Å². The number of benzene rings is 2. The first-order valence-corrected chi connectivity index (χ1v) is 8.10. The maximum absolute atomic E-state index is 12.4. The third kappa shape index (κ3) is 1.85. The monoisotopic (exact) mass is 310 g/mol. The van der Waals surface area contributed by atoms with Crippen molar-refractivity contribution in [3.05, 3.63) is 62.8 Å². The van der Waals surface area contributed by atoms with Gasteiger partial charge in [-0.15, -0.1) is 0 Å². The molecule has 0 saturated heterocycles. The molecule has 0 radical (unpaired) electrons. The Hall–Kier alpha value is -2.27.